The molecule has 1 atom stereocenters. The monoisotopic (exact) mass is 322 g/mol. The van der Waals surface area contributed by atoms with Gasteiger partial charge in [-0.3, -0.25) is 4.79 Å². The van der Waals surface area contributed by atoms with Crippen LogP contribution in [0.4, 0.5) is 0 Å². The minimum Gasteiger partial charge on any atom is -0.480 e. The topological polar surface area (TPSA) is 92.4 Å². The van der Waals surface area contributed by atoms with Gasteiger partial charge in [-0.25, -0.2) is 9.78 Å². The average Bonchev–Trinajstić information content (AvgIpc) is 3.06. The lowest BCUT2D eigenvalue weighted by molar-refractivity contribution is -0.143. The maximum Gasteiger partial charge on any atom is 0.326 e. The Bertz CT molecular complexity index is 661. The summed E-state index contributed by atoms with van der Waals surface area (Å²) in [6.45, 7) is 5.23. The Labute approximate surface area is 132 Å². The van der Waals surface area contributed by atoms with Gasteiger partial charge in [0.15, 0.2) is 0 Å². The van der Waals surface area contributed by atoms with Gasteiger partial charge >= 0.3 is 5.97 Å². The number of hydrogen-bond acceptors (Lipinski definition) is 5. The summed E-state index contributed by atoms with van der Waals surface area (Å²) in [6.07, 6.45) is -0.00277. The van der Waals surface area contributed by atoms with Gasteiger partial charge in [0.2, 0.25) is 11.8 Å². The van der Waals surface area contributed by atoms with Crippen molar-refractivity contribution in [2.45, 2.75) is 33.2 Å². The number of rotatable bonds is 6. The first-order chi connectivity index (χ1) is 10.4. The molecule has 0 aliphatic heterocycles. The summed E-state index contributed by atoms with van der Waals surface area (Å²) < 4.78 is 5.56. The van der Waals surface area contributed by atoms with E-state index in [1.54, 1.807) is 20.8 Å². The fraction of sp³-hybridized carbons (Fsp3) is 0.400. The highest BCUT2D eigenvalue weighted by Crippen LogP contribution is 2.26. The second-order valence-corrected chi connectivity index (χ2v) is 6.25. The highest BCUT2D eigenvalue weighted by Gasteiger charge is 2.24. The molecule has 7 heteroatoms. The van der Waals surface area contributed by atoms with Crippen molar-refractivity contribution in [2.75, 3.05) is 0 Å². The summed E-state index contributed by atoms with van der Waals surface area (Å²) in [6, 6.07) is 2.88. The van der Waals surface area contributed by atoms with E-state index in [0.29, 0.717) is 17.3 Å². The minimum atomic E-state index is -1.04. The fourth-order valence-corrected chi connectivity index (χ4v) is 2.64. The van der Waals surface area contributed by atoms with Gasteiger partial charge < -0.3 is 14.8 Å². The number of oxazole rings is 1. The molecule has 0 aliphatic carbocycles. The van der Waals surface area contributed by atoms with Crippen LogP contribution in [0.15, 0.2) is 21.9 Å². The molecule has 2 heterocycles. The molecule has 2 N–H and O–H groups in total. The molecule has 0 saturated heterocycles. The molecule has 2 aromatic heterocycles. The molecule has 1 unspecified atom stereocenters. The van der Waals surface area contributed by atoms with E-state index in [2.05, 4.69) is 10.3 Å². The van der Waals surface area contributed by atoms with Crippen LogP contribution in [0, 0.1) is 12.8 Å². The van der Waals surface area contributed by atoms with Crippen LogP contribution in [-0.2, 0) is 16.0 Å². The first-order valence-electron chi connectivity index (χ1n) is 6.90. The van der Waals surface area contributed by atoms with E-state index < -0.39 is 12.0 Å². The summed E-state index contributed by atoms with van der Waals surface area (Å²) in [5.74, 6) is -0.569. The number of aliphatic carboxylic acids is 1. The van der Waals surface area contributed by atoms with Gasteiger partial charge in [-0.05, 0) is 24.3 Å². The number of nitrogens with one attached hydrogen (secondary N) is 1. The zero-order valence-electron chi connectivity index (χ0n) is 12.6. The van der Waals surface area contributed by atoms with Crippen molar-refractivity contribution in [1.29, 1.82) is 0 Å². The number of aryl methyl sites for hydroxylation is 1. The maximum absolute atomic E-state index is 12.0. The second-order valence-electron chi connectivity index (χ2n) is 5.30. The third kappa shape index (κ3) is 3.73. The number of carbonyl (C=O) groups is 2. The zero-order valence-corrected chi connectivity index (χ0v) is 13.4. The van der Waals surface area contributed by atoms with E-state index >= 15 is 0 Å². The average molecular weight is 322 g/mol. The predicted octanol–water partition coefficient (Wildman–Crippen LogP) is 2.48. The third-order valence-electron chi connectivity index (χ3n) is 3.20. The van der Waals surface area contributed by atoms with E-state index in [0.717, 1.165) is 4.88 Å². The van der Waals surface area contributed by atoms with Gasteiger partial charge in [0, 0.05) is 0 Å². The number of hydrogen-bond donors (Lipinski definition) is 2. The lowest BCUT2D eigenvalue weighted by atomic mass is 10.0. The lowest BCUT2D eigenvalue weighted by Gasteiger charge is -2.17. The molecule has 0 radical (unpaired) electrons. The number of carbonyl (C=O) groups excluding carboxylic acids is 1. The first kappa shape index (κ1) is 16.2. The molecule has 0 aromatic carbocycles. The summed E-state index contributed by atoms with van der Waals surface area (Å²) in [4.78, 5) is 28.3. The molecule has 6 nitrogen and oxygen atoms in total. The lowest BCUT2D eigenvalue weighted by Crippen LogP contribution is -2.45. The van der Waals surface area contributed by atoms with E-state index in [1.165, 1.54) is 11.3 Å². The van der Waals surface area contributed by atoms with Crippen LogP contribution in [0.25, 0.3) is 10.8 Å². The van der Waals surface area contributed by atoms with Gasteiger partial charge in [0.1, 0.15) is 11.8 Å². The van der Waals surface area contributed by atoms with Crippen LogP contribution in [0.1, 0.15) is 25.3 Å². The van der Waals surface area contributed by atoms with Crippen LogP contribution in [0.2, 0.25) is 0 Å². The van der Waals surface area contributed by atoms with Crippen molar-refractivity contribution in [2.24, 2.45) is 5.92 Å². The SMILES string of the molecule is Cc1oc(-c2cccs2)nc1CC(=O)NC(C(=O)O)C(C)C. The van der Waals surface area contributed by atoms with Crippen molar-refractivity contribution in [1.82, 2.24) is 10.3 Å². The molecule has 0 spiro atoms. The highest BCUT2D eigenvalue weighted by atomic mass is 32.1. The van der Waals surface area contributed by atoms with E-state index in [-0.39, 0.29) is 18.2 Å². The number of amides is 1. The molecule has 0 aliphatic rings. The predicted molar refractivity (Wildman–Crippen MR) is 82.7 cm³/mol. The number of thiophene rings is 1. The van der Waals surface area contributed by atoms with Crippen LogP contribution < -0.4 is 5.32 Å². The minimum absolute atomic E-state index is 0.00277. The van der Waals surface area contributed by atoms with E-state index in [4.69, 9.17) is 9.52 Å². The Kier molecular flexibility index (Phi) is 4.97. The maximum atomic E-state index is 12.0. The molecule has 0 bridgehead atoms. The Hall–Kier alpha value is -2.15. The molecule has 1 amide bonds. The molecule has 0 fully saturated rings. The molecule has 2 rings (SSSR count). The Morgan fingerprint density at radius 2 is 2.18 bits per heavy atom. The van der Waals surface area contributed by atoms with Crippen molar-refractivity contribution in [3.63, 3.8) is 0 Å². The molecular formula is C15H18N2O4S. The van der Waals surface area contributed by atoms with Crippen molar-refractivity contribution < 1.29 is 19.1 Å². The standard InChI is InChI=1S/C15H18N2O4S/c1-8(2)13(15(19)20)17-12(18)7-10-9(3)21-14(16-10)11-5-4-6-22-11/h4-6,8,13H,7H2,1-3H3,(H,17,18)(H,19,20). The molecule has 22 heavy (non-hydrogen) atoms. The zero-order chi connectivity index (χ0) is 16.3. The van der Waals surface area contributed by atoms with E-state index in [1.807, 2.05) is 17.5 Å². The molecule has 118 valence electrons. The van der Waals surface area contributed by atoms with Crippen molar-refractivity contribution >= 4 is 23.2 Å². The normalized spacial score (nSPS) is 12.4. The van der Waals surface area contributed by atoms with Gasteiger partial charge in [0.05, 0.1) is 17.0 Å². The third-order valence-corrected chi connectivity index (χ3v) is 4.06. The summed E-state index contributed by atoms with van der Waals surface area (Å²) >= 11 is 1.50. The number of carboxylic acid groups (broad SMARTS) is 1. The summed E-state index contributed by atoms with van der Waals surface area (Å²) in [7, 11) is 0. The summed E-state index contributed by atoms with van der Waals surface area (Å²) in [5, 5.41) is 13.5. The van der Waals surface area contributed by atoms with Gasteiger partial charge in [-0.15, -0.1) is 11.3 Å². The van der Waals surface area contributed by atoms with Crippen LogP contribution >= 0.6 is 11.3 Å². The quantitative estimate of drug-likeness (QED) is 0.852. The second kappa shape index (κ2) is 6.74. The van der Waals surface area contributed by atoms with Crippen molar-refractivity contribution in [3.05, 3.63) is 29.0 Å². The number of nitrogens with zero attached hydrogens (tertiary/aromatic N) is 1. The Morgan fingerprint density at radius 3 is 2.73 bits per heavy atom. The summed E-state index contributed by atoms with van der Waals surface area (Å²) in [5.41, 5.74) is 0.522. The first-order valence-corrected chi connectivity index (χ1v) is 7.78. The fourth-order valence-electron chi connectivity index (χ4n) is 1.99. The van der Waals surface area contributed by atoms with Gasteiger partial charge in [-0.1, -0.05) is 19.9 Å². The molecule has 0 saturated carbocycles. The van der Waals surface area contributed by atoms with Crippen LogP contribution in [0.5, 0.6) is 0 Å². The van der Waals surface area contributed by atoms with Gasteiger partial charge in [-0.2, -0.15) is 0 Å². The smallest absolute Gasteiger partial charge is 0.326 e. The Morgan fingerprint density at radius 1 is 1.45 bits per heavy atom. The largest absolute Gasteiger partial charge is 0.480 e. The molecule has 2 aromatic rings. The van der Waals surface area contributed by atoms with E-state index in [9.17, 15) is 9.59 Å². The van der Waals surface area contributed by atoms with Gasteiger partial charge in [0.25, 0.3) is 0 Å². The van der Waals surface area contributed by atoms with Crippen molar-refractivity contribution in [3.8, 4) is 10.8 Å². The van der Waals surface area contributed by atoms with Crippen LogP contribution in [-0.4, -0.2) is 28.0 Å². The number of carboxylic acids is 1. The molecular weight excluding hydrogens is 304 g/mol. The Balaban J connectivity index is 2.07. The highest BCUT2D eigenvalue weighted by molar-refractivity contribution is 7.13. The van der Waals surface area contributed by atoms with Crippen LogP contribution in [0.3, 0.4) is 0 Å². The number of aromatic nitrogens is 1.